The lowest BCUT2D eigenvalue weighted by Gasteiger charge is -2.13. The van der Waals surface area contributed by atoms with Crippen LogP contribution in [0.2, 0.25) is 0 Å². The second-order valence-electron chi connectivity index (χ2n) is 4.04. The van der Waals surface area contributed by atoms with Gasteiger partial charge in [-0.25, -0.2) is 13.1 Å². The van der Waals surface area contributed by atoms with Crippen molar-refractivity contribution in [1.82, 2.24) is 4.72 Å². The minimum atomic E-state index is -3.50. The van der Waals surface area contributed by atoms with E-state index in [0.29, 0.717) is 22.3 Å². The molecule has 0 saturated heterocycles. The Labute approximate surface area is 121 Å². The van der Waals surface area contributed by atoms with Crippen molar-refractivity contribution in [2.75, 3.05) is 18.5 Å². The third kappa shape index (κ3) is 3.88. The van der Waals surface area contributed by atoms with Crippen molar-refractivity contribution >= 4 is 43.4 Å². The summed E-state index contributed by atoms with van der Waals surface area (Å²) in [5.41, 5.74) is 6.81. The first kappa shape index (κ1) is 15.8. The van der Waals surface area contributed by atoms with Gasteiger partial charge in [0.25, 0.3) is 0 Å². The molecule has 3 N–H and O–H groups in total. The molecule has 18 heavy (non-hydrogen) atoms. The highest BCUT2D eigenvalue weighted by Crippen LogP contribution is 2.26. The van der Waals surface area contributed by atoms with Gasteiger partial charge in [-0.05, 0) is 46.8 Å². The average Bonchev–Trinajstić information content (AvgIpc) is 2.30. The van der Waals surface area contributed by atoms with Crippen molar-refractivity contribution in [2.24, 2.45) is 0 Å². The second-order valence-corrected chi connectivity index (χ2v) is 7.90. The summed E-state index contributed by atoms with van der Waals surface area (Å²) in [6.07, 6.45) is 1.95. The van der Waals surface area contributed by atoms with Crippen LogP contribution in [0.1, 0.15) is 12.5 Å². The molecule has 7 heteroatoms. The zero-order chi connectivity index (χ0) is 13.9. The van der Waals surface area contributed by atoms with Crippen LogP contribution in [0.3, 0.4) is 0 Å². The summed E-state index contributed by atoms with van der Waals surface area (Å²) in [6, 6.07) is 3.19. The average molecular weight is 353 g/mol. The van der Waals surface area contributed by atoms with Gasteiger partial charge in [0, 0.05) is 22.0 Å². The van der Waals surface area contributed by atoms with Crippen LogP contribution in [0, 0.1) is 6.92 Å². The van der Waals surface area contributed by atoms with Crippen molar-refractivity contribution < 1.29 is 8.42 Å². The van der Waals surface area contributed by atoms with Gasteiger partial charge < -0.3 is 5.73 Å². The monoisotopic (exact) mass is 352 g/mol. The maximum atomic E-state index is 12.1. The molecular formula is C11H17BrN2O2S2. The summed E-state index contributed by atoms with van der Waals surface area (Å²) in [5, 5.41) is 0.230. The molecular weight excluding hydrogens is 336 g/mol. The number of nitrogen functional groups attached to an aromatic ring is 1. The van der Waals surface area contributed by atoms with Gasteiger partial charge in [0.1, 0.15) is 0 Å². The molecule has 0 fully saturated rings. The number of hydrogen-bond donors (Lipinski definition) is 2. The molecule has 1 aromatic rings. The summed E-state index contributed by atoms with van der Waals surface area (Å²) in [7, 11) is -3.50. The highest BCUT2D eigenvalue weighted by atomic mass is 79.9. The number of thioether (sulfide) groups is 1. The molecule has 0 heterocycles. The van der Waals surface area contributed by atoms with E-state index in [1.54, 1.807) is 24.8 Å². The number of hydrogen-bond acceptors (Lipinski definition) is 4. The second kappa shape index (κ2) is 6.27. The lowest BCUT2D eigenvalue weighted by atomic mass is 10.2. The van der Waals surface area contributed by atoms with Crippen molar-refractivity contribution in [1.29, 1.82) is 0 Å². The molecule has 4 nitrogen and oxygen atoms in total. The van der Waals surface area contributed by atoms with Crippen molar-refractivity contribution in [3.05, 3.63) is 22.2 Å². The Hall–Kier alpha value is -0.240. The largest absolute Gasteiger partial charge is 0.398 e. The molecule has 102 valence electrons. The molecule has 1 aromatic carbocycles. The maximum Gasteiger partial charge on any atom is 0.240 e. The predicted molar refractivity (Wildman–Crippen MR) is 81.5 cm³/mol. The number of anilines is 1. The Balaban J connectivity index is 3.02. The Bertz CT molecular complexity index is 532. The number of rotatable bonds is 5. The molecule has 0 spiro atoms. The molecule has 1 unspecified atom stereocenters. The van der Waals surface area contributed by atoms with E-state index in [-0.39, 0.29) is 10.1 Å². The van der Waals surface area contributed by atoms with E-state index in [0.717, 1.165) is 0 Å². The fraction of sp³-hybridized carbons (Fsp3) is 0.455. The van der Waals surface area contributed by atoms with Crippen LogP contribution in [0.15, 0.2) is 21.5 Å². The first-order valence-electron chi connectivity index (χ1n) is 5.36. The van der Waals surface area contributed by atoms with Crippen molar-refractivity contribution in [3.8, 4) is 0 Å². The van der Waals surface area contributed by atoms with E-state index in [1.807, 2.05) is 13.2 Å². The van der Waals surface area contributed by atoms with Crippen LogP contribution in [0.25, 0.3) is 0 Å². The Morgan fingerprint density at radius 2 is 2.11 bits per heavy atom. The highest BCUT2D eigenvalue weighted by Gasteiger charge is 2.18. The van der Waals surface area contributed by atoms with Gasteiger partial charge in [0.05, 0.1) is 4.90 Å². The number of benzene rings is 1. The van der Waals surface area contributed by atoms with E-state index in [9.17, 15) is 8.42 Å². The van der Waals surface area contributed by atoms with Gasteiger partial charge in [-0.1, -0.05) is 6.92 Å². The number of sulfonamides is 1. The molecule has 0 saturated carbocycles. The molecule has 0 amide bonds. The third-order valence-electron chi connectivity index (χ3n) is 2.55. The molecule has 1 atom stereocenters. The first-order valence-corrected chi connectivity index (χ1v) is 8.92. The zero-order valence-electron chi connectivity index (χ0n) is 10.5. The van der Waals surface area contributed by atoms with Gasteiger partial charge in [-0.15, -0.1) is 0 Å². The predicted octanol–water partition coefficient (Wildman–Crippen LogP) is 2.37. The fourth-order valence-corrected chi connectivity index (χ4v) is 3.55. The first-order chi connectivity index (χ1) is 8.27. The van der Waals surface area contributed by atoms with Crippen LogP contribution < -0.4 is 10.5 Å². The van der Waals surface area contributed by atoms with Gasteiger partial charge >= 0.3 is 0 Å². The summed E-state index contributed by atoms with van der Waals surface area (Å²) in [4.78, 5) is 0.233. The fourth-order valence-electron chi connectivity index (χ4n) is 1.35. The normalized spacial score (nSPS) is 13.6. The standard InChI is InChI=1S/C11H17BrN2O2S2/c1-7-4-9(12)10(13)5-11(7)18(15,16)14-6-8(2)17-3/h4-5,8,14H,6,13H2,1-3H3. The molecule has 1 rings (SSSR count). The van der Waals surface area contributed by atoms with E-state index in [1.165, 1.54) is 6.07 Å². The molecule has 0 aromatic heterocycles. The van der Waals surface area contributed by atoms with Gasteiger partial charge in [-0.2, -0.15) is 11.8 Å². The number of aryl methyl sites for hydroxylation is 1. The third-order valence-corrected chi connectivity index (χ3v) is 5.77. The van der Waals surface area contributed by atoms with Crippen LogP contribution in [0.4, 0.5) is 5.69 Å². The highest BCUT2D eigenvalue weighted by molar-refractivity contribution is 9.10. The van der Waals surface area contributed by atoms with Crippen molar-refractivity contribution in [2.45, 2.75) is 24.0 Å². The quantitative estimate of drug-likeness (QED) is 0.798. The van der Waals surface area contributed by atoms with Crippen LogP contribution in [-0.4, -0.2) is 26.5 Å². The summed E-state index contributed by atoms with van der Waals surface area (Å²) < 4.78 is 27.6. The van der Waals surface area contributed by atoms with Crippen LogP contribution in [0.5, 0.6) is 0 Å². The zero-order valence-corrected chi connectivity index (χ0v) is 13.7. The lowest BCUT2D eigenvalue weighted by molar-refractivity contribution is 0.581. The smallest absolute Gasteiger partial charge is 0.240 e. The van der Waals surface area contributed by atoms with Crippen LogP contribution in [-0.2, 0) is 10.0 Å². The number of nitrogens with one attached hydrogen (secondary N) is 1. The van der Waals surface area contributed by atoms with Gasteiger partial charge in [-0.3, -0.25) is 0 Å². The van der Waals surface area contributed by atoms with E-state index in [4.69, 9.17) is 5.73 Å². The van der Waals surface area contributed by atoms with Gasteiger partial charge in [0.2, 0.25) is 10.0 Å². The lowest BCUT2D eigenvalue weighted by Crippen LogP contribution is -2.30. The summed E-state index contributed by atoms with van der Waals surface area (Å²) in [5.74, 6) is 0. The topological polar surface area (TPSA) is 72.2 Å². The summed E-state index contributed by atoms with van der Waals surface area (Å²) in [6.45, 7) is 4.12. The molecule has 0 bridgehead atoms. The van der Waals surface area contributed by atoms with E-state index >= 15 is 0 Å². The van der Waals surface area contributed by atoms with Crippen LogP contribution >= 0.6 is 27.7 Å². The Kier molecular flexibility index (Phi) is 5.51. The van der Waals surface area contributed by atoms with E-state index < -0.39 is 10.0 Å². The molecule has 0 radical (unpaired) electrons. The minimum absolute atomic E-state index is 0.230. The molecule has 0 aliphatic rings. The maximum absolute atomic E-state index is 12.1. The Morgan fingerprint density at radius 3 is 2.67 bits per heavy atom. The van der Waals surface area contributed by atoms with Crippen molar-refractivity contribution in [3.63, 3.8) is 0 Å². The summed E-state index contributed by atoms with van der Waals surface area (Å²) >= 11 is 4.89. The minimum Gasteiger partial charge on any atom is -0.398 e. The van der Waals surface area contributed by atoms with Gasteiger partial charge in [0.15, 0.2) is 0 Å². The number of halogens is 1. The number of nitrogens with two attached hydrogens (primary N) is 1. The molecule has 0 aliphatic heterocycles. The Morgan fingerprint density at radius 1 is 1.50 bits per heavy atom. The van der Waals surface area contributed by atoms with E-state index in [2.05, 4.69) is 20.7 Å². The molecule has 0 aliphatic carbocycles. The SMILES string of the molecule is CSC(C)CNS(=O)(=O)c1cc(N)c(Br)cc1C.